The molecule has 2 nitrogen and oxygen atoms in total. The van der Waals surface area contributed by atoms with Crippen LogP contribution in [-0.2, 0) is 11.8 Å². The lowest BCUT2D eigenvalue weighted by Crippen LogP contribution is -2.10. The van der Waals surface area contributed by atoms with E-state index < -0.39 is 0 Å². The number of rotatable bonds is 2. The zero-order valence-electron chi connectivity index (χ0n) is 10.7. The maximum absolute atomic E-state index is 8.66. The number of aromatic amines is 1. The lowest BCUT2D eigenvalue weighted by atomic mass is 9.86. The Balaban J connectivity index is 2.47. The zero-order valence-corrected chi connectivity index (χ0v) is 10.7. The quantitative estimate of drug-likeness (QED) is 0.828. The first-order valence-corrected chi connectivity index (χ1v) is 6.00. The van der Waals surface area contributed by atoms with Gasteiger partial charge < -0.3 is 4.98 Å². The summed E-state index contributed by atoms with van der Waals surface area (Å²) in [6.45, 7) is 6.65. The Bertz CT molecular complexity index is 565. The molecule has 1 aromatic heterocycles. The average molecular weight is 226 g/mol. The number of hydrogen-bond acceptors (Lipinski definition) is 1. The minimum Gasteiger partial charge on any atom is -0.361 e. The van der Waals surface area contributed by atoms with Crippen molar-refractivity contribution in [2.45, 2.75) is 39.0 Å². The molecule has 0 fully saturated rings. The molecule has 0 aliphatic carbocycles. The second-order valence-corrected chi connectivity index (χ2v) is 5.48. The molecule has 1 N–H and O–H groups in total. The molecule has 2 rings (SSSR count). The summed E-state index contributed by atoms with van der Waals surface area (Å²) < 4.78 is 0. The van der Waals surface area contributed by atoms with E-state index in [0.29, 0.717) is 6.42 Å². The Morgan fingerprint density at radius 1 is 1.29 bits per heavy atom. The number of benzene rings is 1. The van der Waals surface area contributed by atoms with E-state index in [0.717, 1.165) is 11.9 Å². The van der Waals surface area contributed by atoms with Gasteiger partial charge in [-0.25, -0.2) is 0 Å². The first-order valence-electron chi connectivity index (χ1n) is 6.00. The fourth-order valence-electron chi connectivity index (χ4n) is 2.04. The summed E-state index contributed by atoms with van der Waals surface area (Å²) in [5, 5.41) is 9.92. The molecule has 17 heavy (non-hydrogen) atoms. The first kappa shape index (κ1) is 11.7. The molecular formula is C15H18N2. The summed E-state index contributed by atoms with van der Waals surface area (Å²) >= 11 is 0. The third-order valence-electron chi connectivity index (χ3n) is 3.14. The monoisotopic (exact) mass is 226 g/mol. The van der Waals surface area contributed by atoms with Gasteiger partial charge in [0.05, 0.1) is 6.07 Å². The topological polar surface area (TPSA) is 39.6 Å². The van der Waals surface area contributed by atoms with Crippen LogP contribution in [0.3, 0.4) is 0 Å². The lowest BCUT2D eigenvalue weighted by Gasteiger charge is -2.19. The van der Waals surface area contributed by atoms with Gasteiger partial charge in [0.25, 0.3) is 0 Å². The van der Waals surface area contributed by atoms with Gasteiger partial charge in [-0.15, -0.1) is 0 Å². The van der Waals surface area contributed by atoms with Crippen molar-refractivity contribution in [2.24, 2.45) is 0 Å². The highest BCUT2D eigenvalue weighted by Gasteiger charge is 2.15. The maximum atomic E-state index is 8.66. The van der Waals surface area contributed by atoms with Gasteiger partial charge in [-0.3, -0.25) is 0 Å². The molecule has 0 aliphatic rings. The SMILES string of the molecule is CC(C)(C)c1ccc2[nH]cc(CCC#N)c2c1. The van der Waals surface area contributed by atoms with Gasteiger partial charge in [-0.05, 0) is 35.1 Å². The van der Waals surface area contributed by atoms with Crippen LogP contribution in [-0.4, -0.2) is 4.98 Å². The average Bonchev–Trinajstić information content (AvgIpc) is 2.67. The number of fused-ring (bicyclic) bond motifs is 1. The highest BCUT2D eigenvalue weighted by atomic mass is 14.7. The summed E-state index contributed by atoms with van der Waals surface area (Å²) in [4.78, 5) is 3.27. The second-order valence-electron chi connectivity index (χ2n) is 5.48. The van der Waals surface area contributed by atoms with Crippen LogP contribution in [0, 0.1) is 11.3 Å². The molecule has 0 atom stereocenters. The molecule has 0 amide bonds. The van der Waals surface area contributed by atoms with Gasteiger partial charge >= 0.3 is 0 Å². The number of nitrogens with one attached hydrogen (secondary N) is 1. The molecule has 0 radical (unpaired) electrons. The van der Waals surface area contributed by atoms with Gasteiger partial charge in [0.1, 0.15) is 0 Å². The van der Waals surface area contributed by atoms with Crippen LogP contribution in [0.5, 0.6) is 0 Å². The number of aryl methyl sites for hydroxylation is 1. The normalized spacial score (nSPS) is 11.6. The zero-order chi connectivity index (χ0) is 12.5. The van der Waals surface area contributed by atoms with Crippen LogP contribution in [0.25, 0.3) is 10.9 Å². The minimum atomic E-state index is 0.165. The Hall–Kier alpha value is -1.75. The fraction of sp³-hybridized carbons (Fsp3) is 0.400. The number of nitriles is 1. The standard InChI is InChI=1S/C15H18N2/c1-15(2,3)12-6-7-14-13(9-12)11(10-17-14)5-4-8-16/h6-7,9-10,17H,4-5H2,1-3H3. The molecule has 2 heteroatoms. The molecule has 0 spiro atoms. The summed E-state index contributed by atoms with van der Waals surface area (Å²) in [7, 11) is 0. The predicted molar refractivity (Wildman–Crippen MR) is 70.9 cm³/mol. The van der Waals surface area contributed by atoms with Gasteiger partial charge in [0.15, 0.2) is 0 Å². The van der Waals surface area contributed by atoms with Crippen LogP contribution < -0.4 is 0 Å². The second kappa shape index (κ2) is 4.25. The molecule has 88 valence electrons. The van der Waals surface area contributed by atoms with Crippen molar-refractivity contribution >= 4 is 10.9 Å². The van der Waals surface area contributed by atoms with Crippen molar-refractivity contribution in [3.05, 3.63) is 35.5 Å². The van der Waals surface area contributed by atoms with Crippen molar-refractivity contribution in [2.75, 3.05) is 0 Å². The van der Waals surface area contributed by atoms with E-state index in [1.54, 1.807) is 0 Å². The highest BCUT2D eigenvalue weighted by molar-refractivity contribution is 5.84. The smallest absolute Gasteiger partial charge is 0.0625 e. The Morgan fingerprint density at radius 3 is 2.71 bits per heavy atom. The summed E-state index contributed by atoms with van der Waals surface area (Å²) in [5.74, 6) is 0. The largest absolute Gasteiger partial charge is 0.361 e. The van der Waals surface area contributed by atoms with Gasteiger partial charge in [0, 0.05) is 23.5 Å². The molecule has 0 unspecified atom stereocenters. The summed E-state index contributed by atoms with van der Waals surface area (Å²) in [6.07, 6.45) is 3.42. The Morgan fingerprint density at radius 2 is 2.06 bits per heavy atom. The van der Waals surface area contributed by atoms with E-state index in [9.17, 15) is 0 Å². The van der Waals surface area contributed by atoms with E-state index in [1.165, 1.54) is 16.5 Å². The predicted octanol–water partition coefficient (Wildman–Crippen LogP) is 3.92. The van der Waals surface area contributed by atoms with Crippen molar-refractivity contribution in [3.8, 4) is 6.07 Å². The highest BCUT2D eigenvalue weighted by Crippen LogP contribution is 2.28. The maximum Gasteiger partial charge on any atom is 0.0625 e. The van der Waals surface area contributed by atoms with Gasteiger partial charge in [-0.2, -0.15) is 5.26 Å². The third kappa shape index (κ3) is 2.34. The van der Waals surface area contributed by atoms with Crippen LogP contribution in [0.2, 0.25) is 0 Å². The van der Waals surface area contributed by atoms with Crippen molar-refractivity contribution in [1.29, 1.82) is 5.26 Å². The lowest BCUT2D eigenvalue weighted by molar-refractivity contribution is 0.591. The Kier molecular flexibility index (Phi) is 2.93. The summed E-state index contributed by atoms with van der Waals surface area (Å²) in [5.41, 5.74) is 3.90. The van der Waals surface area contributed by atoms with Crippen molar-refractivity contribution in [1.82, 2.24) is 4.98 Å². The van der Waals surface area contributed by atoms with E-state index in [4.69, 9.17) is 5.26 Å². The van der Waals surface area contributed by atoms with Gasteiger partial charge in [0.2, 0.25) is 0 Å². The molecular weight excluding hydrogens is 208 g/mol. The van der Waals surface area contributed by atoms with Crippen molar-refractivity contribution in [3.63, 3.8) is 0 Å². The third-order valence-corrected chi connectivity index (χ3v) is 3.14. The molecule has 1 aromatic carbocycles. The molecule has 2 aromatic rings. The summed E-state index contributed by atoms with van der Waals surface area (Å²) in [6, 6.07) is 8.75. The van der Waals surface area contributed by atoms with Crippen molar-refractivity contribution < 1.29 is 0 Å². The van der Waals surface area contributed by atoms with E-state index >= 15 is 0 Å². The number of H-pyrrole nitrogens is 1. The molecule has 0 saturated heterocycles. The number of hydrogen-bond donors (Lipinski definition) is 1. The van der Waals surface area contributed by atoms with Gasteiger partial charge in [-0.1, -0.05) is 26.8 Å². The van der Waals surface area contributed by atoms with E-state index in [2.05, 4.69) is 50.0 Å². The Labute approximate surface area is 102 Å². The van der Waals surface area contributed by atoms with E-state index in [1.807, 2.05) is 6.20 Å². The molecule has 0 bridgehead atoms. The van der Waals surface area contributed by atoms with Crippen LogP contribution in [0.4, 0.5) is 0 Å². The number of aromatic nitrogens is 1. The van der Waals surface area contributed by atoms with E-state index in [-0.39, 0.29) is 5.41 Å². The van der Waals surface area contributed by atoms with Crippen LogP contribution in [0.1, 0.15) is 38.3 Å². The minimum absolute atomic E-state index is 0.165. The molecule has 0 aliphatic heterocycles. The number of nitrogens with zero attached hydrogens (tertiary/aromatic N) is 1. The fourth-order valence-corrected chi connectivity index (χ4v) is 2.04. The molecule has 0 saturated carbocycles. The molecule has 1 heterocycles. The van der Waals surface area contributed by atoms with Crippen LogP contribution in [0.15, 0.2) is 24.4 Å². The van der Waals surface area contributed by atoms with Crippen LogP contribution >= 0.6 is 0 Å². The first-order chi connectivity index (χ1) is 8.02.